The summed E-state index contributed by atoms with van der Waals surface area (Å²) in [4.78, 5) is 6.74. The summed E-state index contributed by atoms with van der Waals surface area (Å²) in [6, 6.07) is 0.584. The van der Waals surface area contributed by atoms with Crippen LogP contribution in [0.3, 0.4) is 0 Å². The molecule has 1 fully saturated rings. The zero-order chi connectivity index (χ0) is 15.5. The molecule has 0 aromatic heterocycles. The fraction of sp³-hybridized carbons (Fsp3) is 0.938. The number of nitrogens with zero attached hydrogens (tertiary/aromatic N) is 2. The van der Waals surface area contributed by atoms with Crippen molar-refractivity contribution >= 4 is 17.7 Å². The molecule has 1 aliphatic carbocycles. The second-order valence-corrected chi connectivity index (χ2v) is 7.16. The average molecular weight is 315 g/mol. The van der Waals surface area contributed by atoms with E-state index >= 15 is 0 Å². The van der Waals surface area contributed by atoms with Gasteiger partial charge in [-0.05, 0) is 45.5 Å². The van der Waals surface area contributed by atoms with Crippen LogP contribution >= 0.6 is 11.8 Å². The molecule has 4 nitrogen and oxygen atoms in total. The van der Waals surface area contributed by atoms with Crippen molar-refractivity contribution < 1.29 is 0 Å². The highest BCUT2D eigenvalue weighted by atomic mass is 32.2. The minimum absolute atomic E-state index is 0.584. The van der Waals surface area contributed by atoms with Gasteiger partial charge in [0.05, 0.1) is 0 Å². The molecule has 21 heavy (non-hydrogen) atoms. The van der Waals surface area contributed by atoms with E-state index in [0.29, 0.717) is 6.04 Å². The van der Waals surface area contributed by atoms with Gasteiger partial charge in [-0.15, -0.1) is 0 Å². The van der Waals surface area contributed by atoms with Crippen LogP contribution in [0.4, 0.5) is 0 Å². The second-order valence-electron chi connectivity index (χ2n) is 6.02. The molecule has 0 radical (unpaired) electrons. The van der Waals surface area contributed by atoms with Crippen molar-refractivity contribution in [3.05, 3.63) is 0 Å². The second kappa shape index (κ2) is 11.2. The Kier molecular flexibility index (Phi) is 9.92. The maximum absolute atomic E-state index is 4.36. The van der Waals surface area contributed by atoms with E-state index in [1.807, 2.05) is 18.8 Å². The Balaban J connectivity index is 2.22. The third-order valence-electron chi connectivity index (χ3n) is 4.20. The molecular formula is C16H34N4S. The Labute approximate surface area is 135 Å². The summed E-state index contributed by atoms with van der Waals surface area (Å²) in [6.45, 7) is 5.45. The molecule has 0 aromatic rings. The summed E-state index contributed by atoms with van der Waals surface area (Å²) >= 11 is 2.01. The molecule has 1 rings (SSSR count). The lowest BCUT2D eigenvalue weighted by Crippen LogP contribution is -2.47. The zero-order valence-electron chi connectivity index (χ0n) is 14.3. The summed E-state index contributed by atoms with van der Waals surface area (Å²) in [5.41, 5.74) is 0. The van der Waals surface area contributed by atoms with Gasteiger partial charge >= 0.3 is 0 Å². The fourth-order valence-electron chi connectivity index (χ4n) is 2.78. The van der Waals surface area contributed by atoms with Crippen LogP contribution in [0.2, 0.25) is 0 Å². The molecular weight excluding hydrogens is 280 g/mol. The van der Waals surface area contributed by atoms with Crippen LogP contribution in [0.5, 0.6) is 0 Å². The van der Waals surface area contributed by atoms with Crippen molar-refractivity contribution in [1.82, 2.24) is 15.5 Å². The van der Waals surface area contributed by atoms with E-state index < -0.39 is 0 Å². The number of thioether (sulfide) groups is 1. The third kappa shape index (κ3) is 7.96. The van der Waals surface area contributed by atoms with E-state index in [4.69, 9.17) is 0 Å². The Morgan fingerprint density at radius 1 is 1.33 bits per heavy atom. The number of nitrogens with one attached hydrogen (secondary N) is 2. The fourth-order valence-corrected chi connectivity index (χ4v) is 3.61. The lowest BCUT2D eigenvalue weighted by Gasteiger charge is -2.30. The van der Waals surface area contributed by atoms with Crippen molar-refractivity contribution in [2.24, 2.45) is 4.99 Å². The molecule has 0 bridgehead atoms. The lowest BCUT2D eigenvalue weighted by atomic mass is 9.95. The van der Waals surface area contributed by atoms with Gasteiger partial charge in [-0.2, -0.15) is 11.8 Å². The number of hydrogen-bond donors (Lipinski definition) is 2. The number of guanidine groups is 1. The Bertz CT molecular complexity index is 296. The summed E-state index contributed by atoms with van der Waals surface area (Å²) < 4.78 is 0. The highest BCUT2D eigenvalue weighted by Gasteiger charge is 2.21. The molecule has 0 amide bonds. The van der Waals surface area contributed by atoms with Crippen molar-refractivity contribution in [3.8, 4) is 0 Å². The minimum atomic E-state index is 0.584. The molecule has 2 atom stereocenters. The minimum Gasteiger partial charge on any atom is -0.355 e. The molecule has 1 aliphatic rings. The normalized spacial score (nSPS) is 23.4. The van der Waals surface area contributed by atoms with Gasteiger partial charge in [0.15, 0.2) is 5.96 Å². The average Bonchev–Trinajstić information content (AvgIpc) is 2.52. The SMILES string of the molecule is CCCCN(C)CCNC(=NC)NC1CCCC(SC)C1. The largest absolute Gasteiger partial charge is 0.355 e. The van der Waals surface area contributed by atoms with E-state index in [1.54, 1.807) is 0 Å². The Morgan fingerprint density at radius 2 is 2.14 bits per heavy atom. The van der Waals surface area contributed by atoms with Crippen molar-refractivity contribution in [3.63, 3.8) is 0 Å². The topological polar surface area (TPSA) is 39.7 Å². The van der Waals surface area contributed by atoms with Crippen LogP contribution in [-0.2, 0) is 0 Å². The van der Waals surface area contributed by atoms with Gasteiger partial charge < -0.3 is 15.5 Å². The molecule has 0 spiro atoms. The zero-order valence-corrected chi connectivity index (χ0v) is 15.1. The number of unbranched alkanes of at least 4 members (excludes halogenated alkanes) is 1. The smallest absolute Gasteiger partial charge is 0.191 e. The van der Waals surface area contributed by atoms with Gasteiger partial charge in [-0.1, -0.05) is 19.8 Å². The molecule has 0 aromatic carbocycles. The molecule has 124 valence electrons. The van der Waals surface area contributed by atoms with E-state index in [9.17, 15) is 0 Å². The van der Waals surface area contributed by atoms with E-state index in [-0.39, 0.29) is 0 Å². The van der Waals surface area contributed by atoms with Crippen LogP contribution in [0.25, 0.3) is 0 Å². The number of aliphatic imine (C=N–C) groups is 1. The molecule has 0 heterocycles. The van der Waals surface area contributed by atoms with Crippen LogP contribution in [0.15, 0.2) is 4.99 Å². The first-order valence-electron chi connectivity index (χ1n) is 8.38. The summed E-state index contributed by atoms with van der Waals surface area (Å²) in [5, 5.41) is 7.86. The summed E-state index contributed by atoms with van der Waals surface area (Å²) in [7, 11) is 4.06. The van der Waals surface area contributed by atoms with Crippen molar-refractivity contribution in [2.75, 3.05) is 40.0 Å². The molecule has 2 N–H and O–H groups in total. The van der Waals surface area contributed by atoms with Crippen LogP contribution in [0.1, 0.15) is 45.4 Å². The van der Waals surface area contributed by atoms with E-state index in [1.165, 1.54) is 45.1 Å². The number of likely N-dealkylation sites (N-methyl/N-ethyl adjacent to an activating group) is 1. The first-order valence-corrected chi connectivity index (χ1v) is 9.66. The standard InChI is InChI=1S/C16H34N4S/c1-5-6-11-20(3)12-10-18-16(17-2)19-14-8-7-9-15(13-14)21-4/h14-15H,5-13H2,1-4H3,(H2,17,18,19). The lowest BCUT2D eigenvalue weighted by molar-refractivity contribution is 0.331. The number of rotatable bonds is 8. The maximum Gasteiger partial charge on any atom is 0.191 e. The first-order chi connectivity index (χ1) is 10.2. The third-order valence-corrected chi connectivity index (χ3v) is 5.30. The predicted molar refractivity (Wildman–Crippen MR) is 96.5 cm³/mol. The quantitative estimate of drug-likeness (QED) is 0.533. The molecule has 0 saturated heterocycles. The predicted octanol–water partition coefficient (Wildman–Crippen LogP) is 2.56. The maximum atomic E-state index is 4.36. The Hall–Kier alpha value is -0.420. The Morgan fingerprint density at radius 3 is 2.81 bits per heavy atom. The summed E-state index contributed by atoms with van der Waals surface area (Å²) in [5.74, 6) is 0.964. The molecule has 5 heteroatoms. The van der Waals surface area contributed by atoms with Gasteiger partial charge in [-0.25, -0.2) is 0 Å². The summed E-state index contributed by atoms with van der Waals surface area (Å²) in [6.07, 6.45) is 10.0. The van der Waals surface area contributed by atoms with Gasteiger partial charge in [0.25, 0.3) is 0 Å². The van der Waals surface area contributed by atoms with E-state index in [0.717, 1.165) is 24.3 Å². The molecule has 2 unspecified atom stereocenters. The van der Waals surface area contributed by atoms with Gasteiger partial charge in [0.2, 0.25) is 0 Å². The van der Waals surface area contributed by atoms with Gasteiger partial charge in [0.1, 0.15) is 0 Å². The highest BCUT2D eigenvalue weighted by molar-refractivity contribution is 7.99. The van der Waals surface area contributed by atoms with E-state index in [2.05, 4.69) is 40.8 Å². The molecule has 0 aliphatic heterocycles. The van der Waals surface area contributed by atoms with Crippen LogP contribution in [0, 0.1) is 0 Å². The van der Waals surface area contributed by atoms with Gasteiger partial charge in [0, 0.05) is 31.4 Å². The first kappa shape index (κ1) is 18.6. The molecule has 1 saturated carbocycles. The number of hydrogen-bond acceptors (Lipinski definition) is 3. The van der Waals surface area contributed by atoms with Crippen molar-refractivity contribution in [1.29, 1.82) is 0 Å². The van der Waals surface area contributed by atoms with Crippen molar-refractivity contribution in [2.45, 2.75) is 56.7 Å². The van der Waals surface area contributed by atoms with Crippen LogP contribution < -0.4 is 10.6 Å². The van der Waals surface area contributed by atoms with Crippen LogP contribution in [-0.4, -0.2) is 62.1 Å². The highest BCUT2D eigenvalue weighted by Crippen LogP contribution is 2.26. The van der Waals surface area contributed by atoms with Gasteiger partial charge in [-0.3, -0.25) is 4.99 Å². The monoisotopic (exact) mass is 314 g/mol.